The normalized spacial score (nSPS) is 12.0. The number of furan rings is 2. The fraction of sp³-hybridized carbons (Fsp3) is 0.273. The second kappa shape index (κ2) is 4.29. The third-order valence-electron chi connectivity index (χ3n) is 2.18. The van der Waals surface area contributed by atoms with Crippen LogP contribution in [-0.2, 0) is 19.2 Å². The van der Waals surface area contributed by atoms with Crippen molar-refractivity contribution in [3.63, 3.8) is 0 Å². The monoisotopic (exact) mass is 246 g/mol. The van der Waals surface area contributed by atoms with Crippen molar-refractivity contribution in [1.29, 1.82) is 0 Å². The van der Waals surface area contributed by atoms with Crippen molar-refractivity contribution in [1.82, 2.24) is 0 Å². The van der Waals surface area contributed by atoms with Gasteiger partial charge in [0.2, 0.25) is 5.76 Å². The van der Waals surface area contributed by atoms with E-state index < -0.39 is 11.9 Å². The molecule has 0 saturated heterocycles. The Morgan fingerprint density at radius 1 is 1.18 bits per heavy atom. The van der Waals surface area contributed by atoms with Crippen molar-refractivity contribution in [2.75, 3.05) is 0 Å². The maximum atomic E-state index is 12.2. The second-order valence-corrected chi connectivity index (χ2v) is 3.52. The maximum absolute atomic E-state index is 12.2. The molecule has 2 rings (SSSR count). The Bertz CT molecular complexity index is 496. The van der Waals surface area contributed by atoms with Crippen molar-refractivity contribution >= 4 is 0 Å². The molecule has 92 valence electrons. The summed E-state index contributed by atoms with van der Waals surface area (Å²) in [4.78, 5) is 0. The molecule has 0 unspecified atom stereocenters. The van der Waals surface area contributed by atoms with E-state index in [1.54, 1.807) is 6.07 Å². The first-order chi connectivity index (χ1) is 7.99. The largest absolute Gasteiger partial charge is 0.468 e. The first-order valence-corrected chi connectivity index (χ1v) is 4.82. The molecule has 17 heavy (non-hydrogen) atoms. The molecule has 0 bridgehead atoms. The summed E-state index contributed by atoms with van der Waals surface area (Å²) >= 11 is 0. The molecule has 6 heteroatoms. The lowest BCUT2D eigenvalue weighted by molar-refractivity contribution is -0.153. The highest BCUT2D eigenvalue weighted by Gasteiger charge is 2.34. The maximum Gasteiger partial charge on any atom is 0.449 e. The van der Waals surface area contributed by atoms with Gasteiger partial charge in [0.1, 0.15) is 11.5 Å². The summed E-state index contributed by atoms with van der Waals surface area (Å²) < 4.78 is 46.4. The van der Waals surface area contributed by atoms with Gasteiger partial charge in [0.25, 0.3) is 0 Å². The number of aliphatic hydroxyl groups excluding tert-OH is 1. The van der Waals surface area contributed by atoms with Crippen LogP contribution in [0.15, 0.2) is 33.3 Å². The van der Waals surface area contributed by atoms with Gasteiger partial charge in [-0.25, -0.2) is 0 Å². The zero-order valence-corrected chi connectivity index (χ0v) is 8.62. The summed E-state index contributed by atoms with van der Waals surface area (Å²) in [6, 6.07) is 3.70. The smallest absolute Gasteiger partial charge is 0.449 e. The summed E-state index contributed by atoms with van der Waals surface area (Å²) in [5.74, 6) is -0.422. The lowest BCUT2D eigenvalue weighted by Crippen LogP contribution is -2.02. The molecule has 0 aromatic carbocycles. The van der Waals surface area contributed by atoms with Crippen LogP contribution in [0.3, 0.4) is 0 Å². The SMILES string of the molecule is OCc1coc(Cc2ccc(C(F)(F)F)o2)c1. The lowest BCUT2D eigenvalue weighted by atomic mass is 10.2. The van der Waals surface area contributed by atoms with Gasteiger partial charge in [-0.3, -0.25) is 0 Å². The minimum atomic E-state index is -4.47. The van der Waals surface area contributed by atoms with Gasteiger partial charge in [-0.1, -0.05) is 0 Å². The van der Waals surface area contributed by atoms with E-state index in [9.17, 15) is 13.2 Å². The third kappa shape index (κ3) is 2.71. The molecular weight excluding hydrogens is 237 g/mol. The Hall–Kier alpha value is -1.69. The van der Waals surface area contributed by atoms with Crippen LogP contribution in [0.4, 0.5) is 13.2 Å². The van der Waals surface area contributed by atoms with Crippen LogP contribution in [0.2, 0.25) is 0 Å². The van der Waals surface area contributed by atoms with Gasteiger partial charge in [0, 0.05) is 5.56 Å². The molecule has 0 spiro atoms. The molecule has 0 fully saturated rings. The van der Waals surface area contributed by atoms with E-state index in [1.807, 2.05) is 0 Å². The van der Waals surface area contributed by atoms with Gasteiger partial charge in [0.05, 0.1) is 19.3 Å². The average Bonchev–Trinajstić information content (AvgIpc) is 2.86. The van der Waals surface area contributed by atoms with Crippen LogP contribution in [-0.4, -0.2) is 5.11 Å². The van der Waals surface area contributed by atoms with E-state index in [4.69, 9.17) is 9.52 Å². The van der Waals surface area contributed by atoms with Gasteiger partial charge in [0.15, 0.2) is 0 Å². The summed E-state index contributed by atoms with van der Waals surface area (Å²) in [6.45, 7) is -0.171. The highest BCUT2D eigenvalue weighted by Crippen LogP contribution is 2.31. The van der Waals surface area contributed by atoms with Crippen LogP contribution in [0.25, 0.3) is 0 Å². The van der Waals surface area contributed by atoms with Crippen LogP contribution < -0.4 is 0 Å². The third-order valence-corrected chi connectivity index (χ3v) is 2.18. The Kier molecular flexibility index (Phi) is 2.97. The number of alkyl halides is 3. The van der Waals surface area contributed by atoms with Crippen LogP contribution in [0, 0.1) is 0 Å². The zero-order chi connectivity index (χ0) is 12.5. The number of halogens is 3. The minimum Gasteiger partial charge on any atom is -0.468 e. The standard InChI is InChI=1S/C11H9F3O3/c12-11(13,14)10-2-1-8(17-10)4-9-3-7(5-15)6-16-9/h1-3,6,15H,4-5H2. The fourth-order valence-corrected chi connectivity index (χ4v) is 1.40. The summed E-state index contributed by atoms with van der Waals surface area (Å²) in [5.41, 5.74) is 0.572. The molecule has 2 aromatic heterocycles. The molecular formula is C11H9F3O3. The number of hydrogen-bond donors (Lipinski definition) is 1. The topological polar surface area (TPSA) is 46.5 Å². The molecule has 0 saturated carbocycles. The van der Waals surface area contributed by atoms with E-state index in [2.05, 4.69) is 4.42 Å². The first-order valence-electron chi connectivity index (χ1n) is 4.82. The fourth-order valence-electron chi connectivity index (χ4n) is 1.40. The van der Waals surface area contributed by atoms with Crippen molar-refractivity contribution in [2.45, 2.75) is 19.2 Å². The molecule has 0 aliphatic carbocycles. The van der Waals surface area contributed by atoms with Crippen molar-refractivity contribution in [3.8, 4) is 0 Å². The summed E-state index contributed by atoms with van der Waals surface area (Å²) in [6.07, 6.45) is -3.00. The molecule has 0 atom stereocenters. The molecule has 0 amide bonds. The summed E-state index contributed by atoms with van der Waals surface area (Å²) in [5, 5.41) is 8.80. The Morgan fingerprint density at radius 2 is 1.94 bits per heavy atom. The second-order valence-electron chi connectivity index (χ2n) is 3.52. The predicted molar refractivity (Wildman–Crippen MR) is 51.1 cm³/mol. The van der Waals surface area contributed by atoms with Crippen molar-refractivity contribution in [2.24, 2.45) is 0 Å². The van der Waals surface area contributed by atoms with E-state index in [0.717, 1.165) is 6.07 Å². The van der Waals surface area contributed by atoms with Gasteiger partial charge in [-0.15, -0.1) is 0 Å². The number of aliphatic hydroxyl groups is 1. The highest BCUT2D eigenvalue weighted by atomic mass is 19.4. The van der Waals surface area contributed by atoms with Crippen molar-refractivity contribution in [3.05, 3.63) is 47.3 Å². The minimum absolute atomic E-state index is 0.121. The van der Waals surface area contributed by atoms with E-state index >= 15 is 0 Å². The Morgan fingerprint density at radius 3 is 2.47 bits per heavy atom. The van der Waals surface area contributed by atoms with Gasteiger partial charge < -0.3 is 13.9 Å². The molecule has 1 N–H and O–H groups in total. The predicted octanol–water partition coefficient (Wildman–Crippen LogP) is 2.97. The Balaban J connectivity index is 2.11. The molecule has 2 aromatic rings. The van der Waals surface area contributed by atoms with Crippen LogP contribution >= 0.6 is 0 Å². The molecule has 2 heterocycles. The highest BCUT2D eigenvalue weighted by molar-refractivity contribution is 5.18. The average molecular weight is 246 g/mol. The summed E-state index contributed by atoms with van der Waals surface area (Å²) in [7, 11) is 0. The zero-order valence-electron chi connectivity index (χ0n) is 8.62. The van der Waals surface area contributed by atoms with Crippen molar-refractivity contribution < 1.29 is 27.1 Å². The van der Waals surface area contributed by atoms with Gasteiger partial charge >= 0.3 is 6.18 Å². The molecule has 0 aliphatic rings. The first kappa shape index (κ1) is 11.8. The Labute approximate surface area is 94.5 Å². The van der Waals surface area contributed by atoms with E-state index in [1.165, 1.54) is 12.3 Å². The number of rotatable bonds is 3. The van der Waals surface area contributed by atoms with Gasteiger partial charge in [-0.05, 0) is 18.2 Å². The van der Waals surface area contributed by atoms with E-state index in [0.29, 0.717) is 11.3 Å². The number of hydrogen-bond acceptors (Lipinski definition) is 3. The van der Waals surface area contributed by atoms with Crippen LogP contribution in [0.5, 0.6) is 0 Å². The van der Waals surface area contributed by atoms with E-state index in [-0.39, 0.29) is 18.8 Å². The molecule has 0 aliphatic heterocycles. The van der Waals surface area contributed by atoms with Gasteiger partial charge in [-0.2, -0.15) is 13.2 Å². The quantitative estimate of drug-likeness (QED) is 0.905. The lowest BCUT2D eigenvalue weighted by Gasteiger charge is -2.00. The molecule has 0 radical (unpaired) electrons. The van der Waals surface area contributed by atoms with Crippen LogP contribution in [0.1, 0.15) is 22.8 Å². The molecule has 3 nitrogen and oxygen atoms in total.